The van der Waals surface area contributed by atoms with Gasteiger partial charge >= 0.3 is 5.97 Å². The van der Waals surface area contributed by atoms with Crippen molar-refractivity contribution in [3.8, 4) is 5.75 Å². The van der Waals surface area contributed by atoms with Crippen molar-refractivity contribution < 1.29 is 14.0 Å². The first-order valence-corrected chi connectivity index (χ1v) is 10.2. The maximum atomic E-state index is 11.4. The third-order valence-corrected chi connectivity index (χ3v) is 10.5. The van der Waals surface area contributed by atoms with Gasteiger partial charge in [-0.15, -0.1) is 0 Å². The van der Waals surface area contributed by atoms with Crippen LogP contribution in [0, 0.1) is 0 Å². The van der Waals surface area contributed by atoms with E-state index in [1.54, 1.807) is 0 Å². The van der Waals surface area contributed by atoms with Gasteiger partial charge in [-0.2, -0.15) is 0 Å². The van der Waals surface area contributed by atoms with Gasteiger partial charge in [-0.05, 0) is 34.3 Å². The first-order chi connectivity index (χ1) is 10.2. The summed E-state index contributed by atoms with van der Waals surface area (Å²) in [5.74, 6) is 0.654. The summed E-state index contributed by atoms with van der Waals surface area (Å²) in [4.78, 5) is 11.4. The second-order valence-electron chi connectivity index (χ2n) is 6.82. The average molecular weight is 323 g/mol. The molecule has 1 rings (SSSR count). The number of carbonyl (C=O) groups excluding carboxylic acids is 1. The molecule has 1 aromatic carbocycles. The molecule has 0 aliphatic rings. The summed E-state index contributed by atoms with van der Waals surface area (Å²) >= 11 is 0. The fourth-order valence-electron chi connectivity index (χ4n) is 3.52. The van der Waals surface area contributed by atoms with E-state index in [9.17, 15) is 4.79 Å². The van der Waals surface area contributed by atoms with Crippen molar-refractivity contribution >= 4 is 14.3 Å². The molecule has 0 atom stereocenters. The number of methoxy groups -OCH3 is 1. The standard InChI is InChI=1S/C18H30O3Si/c1-13(2)22(14(3)4,15(5)6)21-17-10-8-9-16(11-17)12-18(19)20-7/h8-11,13-15H,12H2,1-7H3. The van der Waals surface area contributed by atoms with Gasteiger partial charge in [0.15, 0.2) is 0 Å². The molecule has 1 aromatic rings. The van der Waals surface area contributed by atoms with E-state index < -0.39 is 8.32 Å². The highest BCUT2D eigenvalue weighted by Gasteiger charge is 2.46. The molecule has 0 bridgehead atoms. The van der Waals surface area contributed by atoms with Gasteiger partial charge in [-0.25, -0.2) is 0 Å². The van der Waals surface area contributed by atoms with Gasteiger partial charge in [0.05, 0.1) is 13.5 Å². The fourth-order valence-corrected chi connectivity index (χ4v) is 8.76. The van der Waals surface area contributed by atoms with E-state index in [0.29, 0.717) is 16.6 Å². The van der Waals surface area contributed by atoms with Crippen LogP contribution in [0.3, 0.4) is 0 Å². The summed E-state index contributed by atoms with van der Waals surface area (Å²) in [5.41, 5.74) is 2.51. The molecule has 3 nitrogen and oxygen atoms in total. The summed E-state index contributed by atoms with van der Waals surface area (Å²) in [5, 5.41) is 0. The van der Waals surface area contributed by atoms with Crippen molar-refractivity contribution in [2.45, 2.75) is 64.6 Å². The predicted molar refractivity (Wildman–Crippen MR) is 93.8 cm³/mol. The Kier molecular flexibility index (Phi) is 6.66. The van der Waals surface area contributed by atoms with E-state index in [1.165, 1.54) is 7.11 Å². The fraction of sp³-hybridized carbons (Fsp3) is 0.611. The van der Waals surface area contributed by atoms with Crippen LogP contribution >= 0.6 is 0 Å². The molecule has 0 fully saturated rings. The lowest BCUT2D eigenvalue weighted by Gasteiger charge is -2.42. The number of hydrogen-bond donors (Lipinski definition) is 0. The number of ether oxygens (including phenoxy) is 1. The lowest BCUT2D eigenvalue weighted by Crippen LogP contribution is -2.50. The Morgan fingerprint density at radius 1 is 1.05 bits per heavy atom. The van der Waals surface area contributed by atoms with Crippen molar-refractivity contribution in [3.63, 3.8) is 0 Å². The normalized spacial score (nSPS) is 12.1. The number of esters is 1. The molecule has 0 aliphatic carbocycles. The summed E-state index contributed by atoms with van der Waals surface area (Å²) in [6.07, 6.45) is 0.285. The Morgan fingerprint density at radius 2 is 1.59 bits per heavy atom. The second-order valence-corrected chi connectivity index (χ2v) is 12.2. The predicted octanol–water partition coefficient (Wildman–Crippen LogP) is 4.96. The van der Waals surface area contributed by atoms with Crippen molar-refractivity contribution in [2.24, 2.45) is 0 Å². The first-order valence-electron chi connectivity index (χ1n) is 8.08. The Bertz CT molecular complexity index is 473. The molecule has 0 heterocycles. The summed E-state index contributed by atoms with van der Waals surface area (Å²) in [6.45, 7) is 13.6. The molecular weight excluding hydrogens is 292 g/mol. The second kappa shape index (κ2) is 7.81. The molecule has 0 unspecified atom stereocenters. The quantitative estimate of drug-likeness (QED) is 0.526. The first kappa shape index (κ1) is 18.8. The van der Waals surface area contributed by atoms with E-state index in [0.717, 1.165) is 11.3 Å². The molecule has 0 spiro atoms. The zero-order valence-electron chi connectivity index (χ0n) is 15.0. The third-order valence-electron chi connectivity index (χ3n) is 4.48. The van der Waals surface area contributed by atoms with Gasteiger partial charge in [-0.3, -0.25) is 4.79 Å². The SMILES string of the molecule is COC(=O)Cc1cccc(O[Si](C(C)C)(C(C)C)C(C)C)c1. The van der Waals surface area contributed by atoms with E-state index in [1.807, 2.05) is 24.3 Å². The molecule has 4 heteroatoms. The molecule has 22 heavy (non-hydrogen) atoms. The van der Waals surface area contributed by atoms with Crippen molar-refractivity contribution in [2.75, 3.05) is 7.11 Å². The number of carbonyl (C=O) groups is 1. The van der Waals surface area contributed by atoms with Crippen LogP contribution in [0.1, 0.15) is 47.1 Å². The van der Waals surface area contributed by atoms with Gasteiger partial charge in [-0.1, -0.05) is 53.7 Å². The van der Waals surface area contributed by atoms with Crippen LogP contribution in [-0.4, -0.2) is 21.4 Å². The van der Waals surface area contributed by atoms with Crippen LogP contribution in [-0.2, 0) is 16.0 Å². The zero-order chi connectivity index (χ0) is 16.9. The number of rotatable bonds is 7. The highest BCUT2D eigenvalue weighted by atomic mass is 28.4. The average Bonchev–Trinajstić information content (AvgIpc) is 2.43. The smallest absolute Gasteiger partial charge is 0.309 e. The Balaban J connectivity index is 3.09. The highest BCUT2D eigenvalue weighted by molar-refractivity contribution is 6.78. The van der Waals surface area contributed by atoms with E-state index >= 15 is 0 Å². The van der Waals surface area contributed by atoms with Gasteiger partial charge in [0, 0.05) is 0 Å². The molecule has 0 aliphatic heterocycles. The minimum absolute atomic E-state index is 0.225. The van der Waals surface area contributed by atoms with E-state index in [4.69, 9.17) is 9.16 Å². The molecule has 0 saturated heterocycles. The molecule has 0 saturated carbocycles. The Morgan fingerprint density at radius 3 is 2.05 bits per heavy atom. The minimum atomic E-state index is -1.96. The molecule has 0 radical (unpaired) electrons. The third kappa shape index (κ3) is 4.13. The van der Waals surface area contributed by atoms with Crippen LogP contribution in [0.15, 0.2) is 24.3 Å². The minimum Gasteiger partial charge on any atom is -0.543 e. The van der Waals surface area contributed by atoms with E-state index in [-0.39, 0.29) is 12.4 Å². The van der Waals surface area contributed by atoms with Crippen LogP contribution in [0.2, 0.25) is 16.6 Å². The topological polar surface area (TPSA) is 35.5 Å². The van der Waals surface area contributed by atoms with Crippen LogP contribution < -0.4 is 4.43 Å². The van der Waals surface area contributed by atoms with Crippen molar-refractivity contribution in [1.82, 2.24) is 0 Å². The lowest BCUT2D eigenvalue weighted by molar-refractivity contribution is -0.139. The highest BCUT2D eigenvalue weighted by Crippen LogP contribution is 2.42. The molecular formula is C18H30O3Si. The van der Waals surface area contributed by atoms with Crippen molar-refractivity contribution in [3.05, 3.63) is 29.8 Å². The Hall–Kier alpha value is -1.29. The van der Waals surface area contributed by atoms with Gasteiger partial charge in [0.2, 0.25) is 0 Å². The van der Waals surface area contributed by atoms with Gasteiger partial charge < -0.3 is 9.16 Å². The molecule has 0 aromatic heterocycles. The number of benzene rings is 1. The molecule has 0 N–H and O–H groups in total. The summed E-state index contributed by atoms with van der Waals surface area (Å²) in [6, 6.07) is 7.86. The zero-order valence-corrected chi connectivity index (χ0v) is 16.0. The monoisotopic (exact) mass is 322 g/mol. The van der Waals surface area contributed by atoms with Crippen LogP contribution in [0.4, 0.5) is 0 Å². The molecule has 124 valence electrons. The van der Waals surface area contributed by atoms with Crippen molar-refractivity contribution in [1.29, 1.82) is 0 Å². The Labute approximate surface area is 136 Å². The van der Waals surface area contributed by atoms with Gasteiger partial charge in [0.1, 0.15) is 5.75 Å². The van der Waals surface area contributed by atoms with Crippen LogP contribution in [0.5, 0.6) is 5.75 Å². The summed E-state index contributed by atoms with van der Waals surface area (Å²) in [7, 11) is -0.542. The molecule has 0 amide bonds. The lowest BCUT2D eigenvalue weighted by atomic mass is 10.1. The van der Waals surface area contributed by atoms with E-state index in [2.05, 4.69) is 41.5 Å². The van der Waals surface area contributed by atoms with Crippen LogP contribution in [0.25, 0.3) is 0 Å². The van der Waals surface area contributed by atoms with Gasteiger partial charge in [0.25, 0.3) is 8.32 Å². The largest absolute Gasteiger partial charge is 0.543 e. The number of hydrogen-bond acceptors (Lipinski definition) is 3. The summed E-state index contributed by atoms with van der Waals surface area (Å²) < 4.78 is 11.4. The maximum absolute atomic E-state index is 11.4. The maximum Gasteiger partial charge on any atom is 0.309 e.